The minimum Gasteiger partial charge on any atom is -0.347 e. The lowest BCUT2D eigenvalue weighted by molar-refractivity contribution is -0.137. The van der Waals surface area contributed by atoms with Gasteiger partial charge in [-0.2, -0.15) is 23.5 Å². The number of hydrogen-bond acceptors (Lipinski definition) is 6. The van der Waals surface area contributed by atoms with Crippen molar-refractivity contribution in [1.82, 2.24) is 24.9 Å². The van der Waals surface area contributed by atoms with E-state index in [1.54, 1.807) is 18.6 Å². The van der Waals surface area contributed by atoms with Crippen LogP contribution in [0.3, 0.4) is 0 Å². The van der Waals surface area contributed by atoms with Crippen LogP contribution in [0.1, 0.15) is 37.3 Å². The monoisotopic (exact) mass is 582 g/mol. The highest BCUT2D eigenvalue weighted by molar-refractivity contribution is 6.09. The van der Waals surface area contributed by atoms with Crippen molar-refractivity contribution in [2.75, 3.05) is 31.5 Å². The molecule has 1 aromatic heterocycles. The molecule has 2 aromatic rings. The number of rotatable bonds is 6. The fourth-order valence-electron chi connectivity index (χ4n) is 5.72. The van der Waals surface area contributed by atoms with E-state index in [0.29, 0.717) is 50.9 Å². The molecular formula is C29H30F4N8O. The van der Waals surface area contributed by atoms with E-state index in [4.69, 9.17) is 0 Å². The van der Waals surface area contributed by atoms with E-state index < -0.39 is 34.8 Å². The minimum absolute atomic E-state index is 0.156. The van der Waals surface area contributed by atoms with Gasteiger partial charge in [0.2, 0.25) is 0 Å². The molecule has 2 fully saturated rings. The molecule has 0 radical (unpaired) electrons. The number of anilines is 1. The molecule has 5 rings (SSSR count). The van der Waals surface area contributed by atoms with E-state index in [0.717, 1.165) is 28.8 Å². The number of amides is 2. The van der Waals surface area contributed by atoms with Crippen molar-refractivity contribution < 1.29 is 22.4 Å². The van der Waals surface area contributed by atoms with E-state index in [2.05, 4.69) is 38.3 Å². The SMILES string of the molecule is C=CNC1=NC=C/C1=C(/C)c1cnn(C2(CC#N)CN(C3CCN(C(=O)Nc4ccc(F)cc4C(F)(F)F)CC3)C2)c1. The molecule has 3 aliphatic heterocycles. The van der Waals surface area contributed by atoms with Gasteiger partial charge >= 0.3 is 12.2 Å². The number of aromatic nitrogens is 2. The number of piperidine rings is 1. The van der Waals surface area contributed by atoms with Crippen LogP contribution >= 0.6 is 0 Å². The maximum atomic E-state index is 13.4. The predicted octanol–water partition coefficient (Wildman–Crippen LogP) is 5.09. The lowest BCUT2D eigenvalue weighted by atomic mass is 9.84. The van der Waals surface area contributed by atoms with Crippen molar-refractivity contribution >= 4 is 23.1 Å². The van der Waals surface area contributed by atoms with Gasteiger partial charge in [-0.25, -0.2) is 14.2 Å². The summed E-state index contributed by atoms with van der Waals surface area (Å²) < 4.78 is 55.3. The van der Waals surface area contributed by atoms with Crippen LogP contribution in [-0.4, -0.2) is 63.7 Å². The average Bonchev–Trinajstić information content (AvgIpc) is 3.61. The van der Waals surface area contributed by atoms with E-state index in [1.807, 2.05) is 23.9 Å². The molecular weight excluding hydrogens is 552 g/mol. The molecule has 1 aromatic carbocycles. The second kappa shape index (κ2) is 11.4. The standard InChI is InChI=1S/C29H30F4N8O/c1-3-35-26-23(6-11-36-26)19(2)20-15-37-41(16-20)28(9-10-34)17-40(18-28)22-7-12-39(13-8-22)27(42)38-25-5-4-21(30)14-24(25)29(31,32)33/h3-6,11,14-16,22H,1,7-9,12-13,17-18H2,2H3,(H,35,36)(H,38,42)/b23-19+. The third-order valence-electron chi connectivity index (χ3n) is 8.04. The van der Waals surface area contributed by atoms with Gasteiger partial charge in [0.05, 0.1) is 29.9 Å². The molecule has 9 nitrogen and oxygen atoms in total. The minimum atomic E-state index is -4.80. The number of alkyl halides is 3. The van der Waals surface area contributed by atoms with Crippen LogP contribution in [0.5, 0.6) is 0 Å². The number of likely N-dealkylation sites (tertiary alicyclic amines) is 2. The number of carbonyl (C=O) groups is 1. The molecule has 3 aliphatic rings. The number of nitriles is 1. The largest absolute Gasteiger partial charge is 0.418 e. The number of nitrogens with one attached hydrogen (secondary N) is 2. The zero-order valence-electron chi connectivity index (χ0n) is 23.0. The first-order valence-corrected chi connectivity index (χ1v) is 13.5. The number of aliphatic imine (C=N–C) groups is 1. The third kappa shape index (κ3) is 5.67. The first kappa shape index (κ1) is 29.1. The summed E-state index contributed by atoms with van der Waals surface area (Å²) >= 11 is 0. The van der Waals surface area contributed by atoms with Crippen molar-refractivity contribution in [3.63, 3.8) is 0 Å². The fourth-order valence-corrected chi connectivity index (χ4v) is 5.72. The normalized spacial score (nSPS) is 20.0. The summed E-state index contributed by atoms with van der Waals surface area (Å²) in [7, 11) is 0. The number of carbonyl (C=O) groups excluding carboxylic acids is 1. The Labute approximate surface area is 240 Å². The first-order chi connectivity index (χ1) is 20.0. The summed E-state index contributed by atoms with van der Waals surface area (Å²) in [6, 6.07) is 3.97. The van der Waals surface area contributed by atoms with E-state index in [9.17, 15) is 27.6 Å². The molecule has 4 heterocycles. The van der Waals surface area contributed by atoms with E-state index in [1.165, 1.54) is 4.90 Å². The molecule has 0 spiro atoms. The average molecular weight is 583 g/mol. The summed E-state index contributed by atoms with van der Waals surface area (Å²) in [4.78, 5) is 20.8. The molecule has 2 amide bonds. The van der Waals surface area contributed by atoms with Crippen LogP contribution < -0.4 is 10.6 Å². The Kier molecular flexibility index (Phi) is 7.92. The Hall–Kier alpha value is -4.44. The number of nitrogens with zero attached hydrogens (tertiary/aromatic N) is 6. The van der Waals surface area contributed by atoms with Gasteiger partial charge in [0.15, 0.2) is 0 Å². The van der Waals surface area contributed by atoms with Crippen LogP contribution in [-0.2, 0) is 11.7 Å². The Bertz CT molecular complexity index is 1500. The van der Waals surface area contributed by atoms with Crippen LogP contribution in [0, 0.1) is 17.1 Å². The molecule has 220 valence electrons. The van der Waals surface area contributed by atoms with E-state index in [-0.39, 0.29) is 12.5 Å². The van der Waals surface area contributed by atoms with Gasteiger partial charge in [-0.3, -0.25) is 9.58 Å². The number of hydrogen-bond donors (Lipinski definition) is 2. The van der Waals surface area contributed by atoms with Gasteiger partial charge in [-0.15, -0.1) is 0 Å². The number of urea groups is 1. The Balaban J connectivity index is 1.20. The Morgan fingerprint density at radius 1 is 1.29 bits per heavy atom. The second-order valence-corrected chi connectivity index (χ2v) is 10.7. The molecule has 0 bridgehead atoms. The maximum absolute atomic E-state index is 13.4. The van der Waals surface area contributed by atoms with Crippen molar-refractivity contribution in [3.05, 3.63) is 78.2 Å². The molecule has 2 N–H and O–H groups in total. The lowest BCUT2D eigenvalue weighted by Gasteiger charge is -2.53. The number of allylic oxidation sites excluding steroid dienone is 1. The molecule has 0 saturated carbocycles. The highest BCUT2D eigenvalue weighted by Gasteiger charge is 2.48. The Morgan fingerprint density at radius 2 is 2.02 bits per heavy atom. The van der Waals surface area contributed by atoms with Gasteiger partial charge in [-0.1, -0.05) is 6.58 Å². The van der Waals surface area contributed by atoms with Gasteiger partial charge < -0.3 is 15.5 Å². The summed E-state index contributed by atoms with van der Waals surface area (Å²) in [6.45, 7) is 7.62. The zero-order valence-corrected chi connectivity index (χ0v) is 23.0. The molecule has 0 unspecified atom stereocenters. The van der Waals surface area contributed by atoms with Crippen molar-refractivity contribution in [3.8, 4) is 6.07 Å². The number of benzene rings is 1. The molecule has 0 aliphatic carbocycles. The van der Waals surface area contributed by atoms with Gasteiger partial charge in [-0.05, 0) is 55.8 Å². The summed E-state index contributed by atoms with van der Waals surface area (Å²) in [5.41, 5.74) is 0.651. The van der Waals surface area contributed by atoms with Crippen LogP contribution in [0.25, 0.3) is 5.57 Å². The quantitative estimate of drug-likeness (QED) is 0.462. The second-order valence-electron chi connectivity index (χ2n) is 10.7. The summed E-state index contributed by atoms with van der Waals surface area (Å²) in [5, 5.41) is 19.5. The van der Waals surface area contributed by atoms with Crippen molar-refractivity contribution in [1.29, 1.82) is 5.26 Å². The van der Waals surface area contributed by atoms with Crippen molar-refractivity contribution in [2.45, 2.75) is 43.9 Å². The lowest BCUT2D eigenvalue weighted by Crippen LogP contribution is -2.66. The molecule has 0 atom stereocenters. The number of amidine groups is 1. The summed E-state index contributed by atoms with van der Waals surface area (Å²) in [5.74, 6) is -0.327. The number of halogens is 4. The molecule has 2 saturated heterocycles. The highest BCUT2D eigenvalue weighted by atomic mass is 19.4. The topological polar surface area (TPSA) is 102 Å². The van der Waals surface area contributed by atoms with Crippen LogP contribution in [0.4, 0.5) is 28.0 Å². The zero-order chi connectivity index (χ0) is 30.1. The fraction of sp³-hybridized carbons (Fsp3) is 0.379. The van der Waals surface area contributed by atoms with Crippen molar-refractivity contribution in [2.24, 2.45) is 4.99 Å². The van der Waals surface area contributed by atoms with Crippen LogP contribution in [0.15, 0.2) is 66.2 Å². The highest BCUT2D eigenvalue weighted by Crippen LogP contribution is 2.38. The van der Waals surface area contributed by atoms with E-state index >= 15 is 0 Å². The first-order valence-electron chi connectivity index (χ1n) is 13.5. The summed E-state index contributed by atoms with van der Waals surface area (Å²) in [6.07, 6.45) is 5.67. The van der Waals surface area contributed by atoms with Gasteiger partial charge in [0.25, 0.3) is 0 Å². The van der Waals surface area contributed by atoms with Crippen LogP contribution in [0.2, 0.25) is 0 Å². The molecule has 42 heavy (non-hydrogen) atoms. The predicted molar refractivity (Wildman–Crippen MR) is 150 cm³/mol. The molecule has 13 heteroatoms. The maximum Gasteiger partial charge on any atom is 0.418 e. The van der Waals surface area contributed by atoms with Gasteiger partial charge in [0.1, 0.15) is 17.2 Å². The smallest absolute Gasteiger partial charge is 0.347 e. The van der Waals surface area contributed by atoms with Gasteiger partial charge in [0, 0.05) is 55.8 Å². The third-order valence-corrected chi connectivity index (χ3v) is 8.04. The Morgan fingerprint density at radius 3 is 2.69 bits per heavy atom.